The number of ether oxygens (including phenoxy) is 1. The maximum Gasteiger partial charge on any atom is 0.466 e. The van der Waals surface area contributed by atoms with Crippen LogP contribution in [0.3, 0.4) is 0 Å². The summed E-state index contributed by atoms with van der Waals surface area (Å²) in [6.45, 7) is 6.91. The van der Waals surface area contributed by atoms with Gasteiger partial charge >= 0.3 is 13.8 Å². The summed E-state index contributed by atoms with van der Waals surface area (Å²) in [4.78, 5) is 34.3. The maximum absolute atomic E-state index is 10.9. The first kappa shape index (κ1) is 17.7. The molecule has 0 rings (SSSR count). The first-order valence-corrected chi connectivity index (χ1v) is 5.83. The summed E-state index contributed by atoms with van der Waals surface area (Å²) in [5, 5.41) is 0. The normalized spacial score (nSPS) is 12.5. The van der Waals surface area contributed by atoms with Gasteiger partial charge in [-0.2, -0.15) is 0 Å². The standard InChI is InChI=1S/C8H15NO2.H3O4P/c1-6(2)8(10)11-7(3)9(4)5;1-5(2,3)4/h7H,1H2,2-5H3;(H3,1,2,3,4). The number of carbonyl (C=O) groups excluding carboxylic acids is 1. The molecule has 0 spiro atoms. The van der Waals surface area contributed by atoms with E-state index in [2.05, 4.69) is 6.58 Å². The van der Waals surface area contributed by atoms with Crippen molar-refractivity contribution in [3.63, 3.8) is 0 Å². The second-order valence-electron chi connectivity index (χ2n) is 3.26. The van der Waals surface area contributed by atoms with E-state index in [1.807, 2.05) is 14.1 Å². The molecule has 8 heteroatoms. The van der Waals surface area contributed by atoms with Crippen molar-refractivity contribution in [1.82, 2.24) is 4.90 Å². The van der Waals surface area contributed by atoms with Crippen molar-refractivity contribution < 1.29 is 28.8 Å². The SMILES string of the molecule is C=C(C)C(=O)OC(C)N(C)C.O=P(O)(O)O. The van der Waals surface area contributed by atoms with Crippen LogP contribution in [0.4, 0.5) is 0 Å². The molecule has 0 bridgehead atoms. The molecule has 3 N–H and O–H groups in total. The molecule has 1 atom stereocenters. The van der Waals surface area contributed by atoms with Crippen LogP contribution in [0.15, 0.2) is 12.2 Å². The summed E-state index contributed by atoms with van der Waals surface area (Å²) in [5.41, 5.74) is 0.429. The van der Waals surface area contributed by atoms with Gasteiger partial charge < -0.3 is 19.4 Å². The van der Waals surface area contributed by atoms with Gasteiger partial charge in [0.1, 0.15) is 0 Å². The lowest BCUT2D eigenvalue weighted by Gasteiger charge is -2.19. The van der Waals surface area contributed by atoms with E-state index in [0.717, 1.165) is 0 Å². The third kappa shape index (κ3) is 15.7. The van der Waals surface area contributed by atoms with Crippen LogP contribution >= 0.6 is 7.82 Å². The Labute approximate surface area is 94.6 Å². The average Bonchev–Trinajstić information content (AvgIpc) is 2.00. The van der Waals surface area contributed by atoms with Crippen molar-refractivity contribution >= 4 is 13.8 Å². The predicted octanol–water partition coefficient (Wildman–Crippen LogP) is 0.0847. The van der Waals surface area contributed by atoms with Crippen molar-refractivity contribution in [3.8, 4) is 0 Å². The average molecular weight is 255 g/mol. The number of rotatable bonds is 3. The maximum atomic E-state index is 10.9. The molecule has 0 aliphatic rings. The van der Waals surface area contributed by atoms with Crippen LogP contribution in [0.5, 0.6) is 0 Å². The minimum Gasteiger partial charge on any atom is -0.443 e. The molecule has 96 valence electrons. The fourth-order valence-corrected chi connectivity index (χ4v) is 0.361. The lowest BCUT2D eigenvalue weighted by molar-refractivity contribution is -0.150. The second kappa shape index (κ2) is 7.54. The lowest BCUT2D eigenvalue weighted by Crippen LogP contribution is -2.30. The summed E-state index contributed by atoms with van der Waals surface area (Å²) in [5.74, 6) is -0.341. The van der Waals surface area contributed by atoms with Gasteiger partial charge in [-0.25, -0.2) is 9.36 Å². The third-order valence-electron chi connectivity index (χ3n) is 1.35. The monoisotopic (exact) mass is 255 g/mol. The van der Waals surface area contributed by atoms with Crippen LogP contribution in [-0.4, -0.2) is 45.9 Å². The molecule has 0 fully saturated rings. The summed E-state index contributed by atoms with van der Waals surface area (Å²) in [7, 11) is -0.952. The van der Waals surface area contributed by atoms with E-state index < -0.39 is 7.82 Å². The van der Waals surface area contributed by atoms with Crippen LogP contribution in [0, 0.1) is 0 Å². The van der Waals surface area contributed by atoms with Gasteiger partial charge in [0.2, 0.25) is 0 Å². The Hall–Kier alpha value is -0.720. The zero-order valence-corrected chi connectivity index (χ0v) is 10.6. The number of carbonyl (C=O) groups is 1. The number of nitrogens with zero attached hydrogens (tertiary/aromatic N) is 1. The van der Waals surface area contributed by atoms with Crippen LogP contribution in [0.2, 0.25) is 0 Å². The highest BCUT2D eigenvalue weighted by molar-refractivity contribution is 7.45. The molecule has 0 heterocycles. The molecule has 0 saturated heterocycles. The smallest absolute Gasteiger partial charge is 0.443 e. The van der Waals surface area contributed by atoms with Crippen LogP contribution in [0.1, 0.15) is 13.8 Å². The number of hydrogen-bond acceptors (Lipinski definition) is 4. The minimum atomic E-state index is -4.64. The highest BCUT2D eigenvalue weighted by Gasteiger charge is 2.10. The van der Waals surface area contributed by atoms with E-state index in [1.165, 1.54) is 0 Å². The Morgan fingerprint density at radius 2 is 1.69 bits per heavy atom. The largest absolute Gasteiger partial charge is 0.466 e. The van der Waals surface area contributed by atoms with Crippen LogP contribution < -0.4 is 0 Å². The Bertz CT molecular complexity index is 276. The van der Waals surface area contributed by atoms with Crippen molar-refractivity contribution in [2.45, 2.75) is 20.1 Å². The minimum absolute atomic E-state index is 0.195. The van der Waals surface area contributed by atoms with Crippen molar-refractivity contribution in [1.29, 1.82) is 0 Å². The molecule has 0 aliphatic heterocycles. The van der Waals surface area contributed by atoms with Crippen molar-refractivity contribution in [2.24, 2.45) is 0 Å². The Morgan fingerprint density at radius 3 is 1.88 bits per heavy atom. The van der Waals surface area contributed by atoms with Gasteiger partial charge in [0.25, 0.3) is 0 Å². The Kier molecular flexibility index (Phi) is 8.32. The summed E-state index contributed by atoms with van der Waals surface area (Å²) in [6, 6.07) is 0. The van der Waals surface area contributed by atoms with Crippen LogP contribution in [0.25, 0.3) is 0 Å². The number of hydrogen-bond donors (Lipinski definition) is 3. The number of phosphoric acid groups is 1. The van der Waals surface area contributed by atoms with E-state index in [9.17, 15) is 4.79 Å². The molecule has 0 aromatic rings. The lowest BCUT2D eigenvalue weighted by atomic mass is 10.4. The van der Waals surface area contributed by atoms with Crippen LogP contribution in [-0.2, 0) is 14.1 Å². The van der Waals surface area contributed by atoms with E-state index in [0.29, 0.717) is 5.57 Å². The van der Waals surface area contributed by atoms with Gasteiger partial charge in [0, 0.05) is 5.57 Å². The first-order valence-electron chi connectivity index (χ1n) is 4.26. The highest BCUT2D eigenvalue weighted by Crippen LogP contribution is 2.25. The number of esters is 1. The van der Waals surface area contributed by atoms with Gasteiger partial charge in [-0.1, -0.05) is 6.58 Å². The molecule has 0 amide bonds. The van der Waals surface area contributed by atoms with E-state index in [1.54, 1.807) is 18.7 Å². The van der Waals surface area contributed by atoms with Gasteiger partial charge in [-0.05, 0) is 27.9 Å². The van der Waals surface area contributed by atoms with E-state index >= 15 is 0 Å². The molecule has 16 heavy (non-hydrogen) atoms. The highest BCUT2D eigenvalue weighted by atomic mass is 31.2. The van der Waals surface area contributed by atoms with E-state index in [-0.39, 0.29) is 12.2 Å². The van der Waals surface area contributed by atoms with E-state index in [4.69, 9.17) is 24.0 Å². The molecule has 1 unspecified atom stereocenters. The second-order valence-corrected chi connectivity index (χ2v) is 4.29. The fourth-order valence-electron chi connectivity index (χ4n) is 0.361. The Morgan fingerprint density at radius 1 is 1.38 bits per heavy atom. The molecular formula is C8H18NO6P. The summed E-state index contributed by atoms with van der Waals surface area (Å²) in [6.07, 6.45) is -0.195. The predicted molar refractivity (Wildman–Crippen MR) is 58.3 cm³/mol. The molecule has 0 aromatic carbocycles. The van der Waals surface area contributed by atoms with Gasteiger partial charge in [-0.15, -0.1) is 0 Å². The molecule has 0 aliphatic carbocycles. The zero-order valence-electron chi connectivity index (χ0n) is 9.75. The molecule has 0 saturated carbocycles. The topological polar surface area (TPSA) is 107 Å². The quantitative estimate of drug-likeness (QED) is 0.284. The van der Waals surface area contributed by atoms with Gasteiger partial charge in [0.15, 0.2) is 6.23 Å². The molecule has 0 aromatic heterocycles. The molecule has 7 nitrogen and oxygen atoms in total. The zero-order chi connectivity index (χ0) is 13.5. The van der Waals surface area contributed by atoms with Crippen molar-refractivity contribution in [3.05, 3.63) is 12.2 Å². The summed E-state index contributed by atoms with van der Waals surface area (Å²) < 4.78 is 13.8. The first-order chi connectivity index (χ1) is 6.95. The van der Waals surface area contributed by atoms with Crippen molar-refractivity contribution in [2.75, 3.05) is 14.1 Å². The molecular weight excluding hydrogens is 237 g/mol. The third-order valence-corrected chi connectivity index (χ3v) is 1.35. The Balaban J connectivity index is 0. The molecule has 0 radical (unpaired) electrons. The summed E-state index contributed by atoms with van der Waals surface area (Å²) >= 11 is 0. The van der Waals surface area contributed by atoms with Gasteiger partial charge in [-0.3, -0.25) is 4.90 Å². The van der Waals surface area contributed by atoms with Gasteiger partial charge in [0.05, 0.1) is 0 Å². The fraction of sp³-hybridized carbons (Fsp3) is 0.625.